The van der Waals surface area contributed by atoms with Gasteiger partial charge < -0.3 is 10.1 Å². The van der Waals surface area contributed by atoms with Crippen LogP contribution in [0.15, 0.2) is 4.99 Å². The fourth-order valence-electron chi connectivity index (χ4n) is 2.71. The second kappa shape index (κ2) is 8.15. The topological polar surface area (TPSA) is 33.6 Å². The lowest BCUT2D eigenvalue weighted by Gasteiger charge is -2.36. The minimum atomic E-state index is 0.690. The Kier molecular flexibility index (Phi) is 6.51. The molecular weight excluding hydrogens is 256 g/mol. The first kappa shape index (κ1) is 15.2. The van der Waals surface area contributed by atoms with Gasteiger partial charge in [0.05, 0.1) is 13.2 Å². The van der Waals surface area contributed by atoms with E-state index in [2.05, 4.69) is 24.2 Å². The third-order valence-corrected chi connectivity index (χ3v) is 5.10. The fraction of sp³-hybridized carbons (Fsp3) is 0.933. The van der Waals surface area contributed by atoms with Crippen molar-refractivity contribution in [3.05, 3.63) is 0 Å². The monoisotopic (exact) mass is 284 g/mol. The molecule has 0 aromatic carbocycles. The summed E-state index contributed by atoms with van der Waals surface area (Å²) in [6, 6.07) is 0.690. The maximum atomic E-state index is 5.60. The van der Waals surface area contributed by atoms with Crippen molar-refractivity contribution < 1.29 is 4.74 Å². The summed E-state index contributed by atoms with van der Waals surface area (Å²) in [6.45, 7) is 6.88. The van der Waals surface area contributed by atoms with Crippen molar-refractivity contribution in [2.24, 2.45) is 16.8 Å². The molecule has 1 N–H and O–H groups in total. The van der Waals surface area contributed by atoms with Gasteiger partial charge >= 0.3 is 0 Å². The predicted molar refractivity (Wildman–Crippen MR) is 83.9 cm³/mol. The van der Waals surface area contributed by atoms with Crippen molar-refractivity contribution in [3.63, 3.8) is 0 Å². The van der Waals surface area contributed by atoms with Crippen LogP contribution in [0.25, 0.3) is 0 Å². The van der Waals surface area contributed by atoms with Crippen molar-refractivity contribution in [2.75, 3.05) is 25.5 Å². The van der Waals surface area contributed by atoms with Gasteiger partial charge in [0.15, 0.2) is 5.17 Å². The molecule has 0 aromatic rings. The molecule has 2 rings (SSSR count). The number of rotatable bonds is 6. The first-order valence-corrected chi connectivity index (χ1v) is 8.76. The maximum Gasteiger partial charge on any atom is 0.156 e. The summed E-state index contributed by atoms with van der Waals surface area (Å²) in [5, 5.41) is 4.77. The number of amidine groups is 1. The normalized spacial score (nSPS) is 29.3. The molecule has 1 saturated heterocycles. The largest absolute Gasteiger partial charge is 0.380 e. The molecule has 1 heterocycles. The third kappa shape index (κ3) is 5.35. The number of hydrogen-bond donors (Lipinski definition) is 1. The van der Waals surface area contributed by atoms with Crippen molar-refractivity contribution in [3.8, 4) is 0 Å². The zero-order valence-electron chi connectivity index (χ0n) is 12.4. The van der Waals surface area contributed by atoms with E-state index >= 15 is 0 Å². The van der Waals surface area contributed by atoms with E-state index in [1.165, 1.54) is 31.4 Å². The van der Waals surface area contributed by atoms with E-state index in [1.54, 1.807) is 0 Å². The van der Waals surface area contributed by atoms with Crippen LogP contribution < -0.4 is 5.32 Å². The molecule has 2 aliphatic rings. The summed E-state index contributed by atoms with van der Waals surface area (Å²) < 4.78 is 5.60. The SMILES string of the molecule is CC(C)CCOCCN=C1NC2CCCCC2CS1. The highest BCUT2D eigenvalue weighted by Crippen LogP contribution is 2.31. The molecule has 1 aliphatic heterocycles. The van der Waals surface area contributed by atoms with Gasteiger partial charge in [-0.3, -0.25) is 4.99 Å². The molecule has 4 heteroatoms. The van der Waals surface area contributed by atoms with E-state index in [1.807, 2.05) is 11.8 Å². The van der Waals surface area contributed by atoms with Gasteiger partial charge in [-0.2, -0.15) is 0 Å². The average molecular weight is 284 g/mol. The summed E-state index contributed by atoms with van der Waals surface area (Å²) in [6.07, 6.45) is 6.67. The Bertz CT molecular complexity index is 294. The summed E-state index contributed by atoms with van der Waals surface area (Å²) >= 11 is 1.90. The second-order valence-corrected chi connectivity index (χ2v) is 7.10. The number of hydrogen-bond acceptors (Lipinski definition) is 3. The van der Waals surface area contributed by atoms with Crippen LogP contribution in [0, 0.1) is 11.8 Å². The van der Waals surface area contributed by atoms with E-state index < -0.39 is 0 Å². The number of fused-ring (bicyclic) bond motifs is 1. The van der Waals surface area contributed by atoms with E-state index in [4.69, 9.17) is 4.74 Å². The number of nitrogens with one attached hydrogen (secondary N) is 1. The van der Waals surface area contributed by atoms with E-state index in [-0.39, 0.29) is 0 Å². The van der Waals surface area contributed by atoms with Gasteiger partial charge in [-0.05, 0) is 31.1 Å². The highest BCUT2D eigenvalue weighted by atomic mass is 32.2. The van der Waals surface area contributed by atoms with Crippen LogP contribution in [-0.2, 0) is 4.74 Å². The Balaban J connectivity index is 1.61. The maximum absolute atomic E-state index is 5.60. The molecule has 0 spiro atoms. The molecule has 3 nitrogen and oxygen atoms in total. The molecule has 110 valence electrons. The lowest BCUT2D eigenvalue weighted by molar-refractivity contribution is 0.131. The van der Waals surface area contributed by atoms with Crippen LogP contribution >= 0.6 is 11.8 Å². The Hall–Kier alpha value is -0.220. The summed E-state index contributed by atoms with van der Waals surface area (Å²) in [5.41, 5.74) is 0. The minimum Gasteiger partial charge on any atom is -0.380 e. The summed E-state index contributed by atoms with van der Waals surface area (Å²) in [7, 11) is 0. The van der Waals surface area contributed by atoms with E-state index in [0.717, 1.165) is 43.2 Å². The molecule has 1 saturated carbocycles. The van der Waals surface area contributed by atoms with Gasteiger partial charge in [0, 0.05) is 18.4 Å². The van der Waals surface area contributed by atoms with Crippen LogP contribution in [0.2, 0.25) is 0 Å². The molecule has 2 unspecified atom stereocenters. The van der Waals surface area contributed by atoms with Gasteiger partial charge in [0.25, 0.3) is 0 Å². The van der Waals surface area contributed by atoms with Gasteiger partial charge in [-0.15, -0.1) is 0 Å². The number of aliphatic imine (C=N–C) groups is 1. The Morgan fingerprint density at radius 2 is 2.16 bits per heavy atom. The van der Waals surface area contributed by atoms with Crippen LogP contribution in [-0.4, -0.2) is 36.7 Å². The number of nitrogens with zero attached hydrogens (tertiary/aromatic N) is 1. The summed E-state index contributed by atoms with van der Waals surface area (Å²) in [4.78, 5) is 4.63. The molecule has 0 bridgehead atoms. The summed E-state index contributed by atoms with van der Waals surface area (Å²) in [5.74, 6) is 2.86. The van der Waals surface area contributed by atoms with Crippen molar-refractivity contribution in [2.45, 2.75) is 52.0 Å². The molecule has 0 aromatic heterocycles. The van der Waals surface area contributed by atoms with Crippen LogP contribution in [0.1, 0.15) is 46.0 Å². The van der Waals surface area contributed by atoms with Gasteiger partial charge in [0.1, 0.15) is 0 Å². The first-order valence-electron chi connectivity index (χ1n) is 7.77. The minimum absolute atomic E-state index is 0.690. The van der Waals surface area contributed by atoms with Crippen LogP contribution in [0.5, 0.6) is 0 Å². The second-order valence-electron chi connectivity index (χ2n) is 6.09. The smallest absolute Gasteiger partial charge is 0.156 e. The van der Waals surface area contributed by atoms with E-state index in [9.17, 15) is 0 Å². The standard InChI is InChI=1S/C15H28N2OS/c1-12(2)7-9-18-10-8-16-15-17-14-6-4-3-5-13(14)11-19-15/h12-14H,3-11H2,1-2H3,(H,16,17). The van der Waals surface area contributed by atoms with Crippen LogP contribution in [0.4, 0.5) is 0 Å². The highest BCUT2D eigenvalue weighted by molar-refractivity contribution is 8.13. The zero-order chi connectivity index (χ0) is 13.5. The molecule has 0 radical (unpaired) electrons. The highest BCUT2D eigenvalue weighted by Gasteiger charge is 2.29. The molecule has 0 amide bonds. The Labute approximate surface area is 122 Å². The predicted octanol–water partition coefficient (Wildman–Crippen LogP) is 3.30. The number of ether oxygens (including phenoxy) is 1. The average Bonchev–Trinajstić information content (AvgIpc) is 2.42. The zero-order valence-corrected chi connectivity index (χ0v) is 13.2. The van der Waals surface area contributed by atoms with Crippen molar-refractivity contribution >= 4 is 16.9 Å². The quantitative estimate of drug-likeness (QED) is 0.760. The Morgan fingerprint density at radius 1 is 1.32 bits per heavy atom. The number of thioether (sulfide) groups is 1. The van der Waals surface area contributed by atoms with E-state index in [0.29, 0.717) is 6.04 Å². The van der Waals surface area contributed by atoms with Crippen molar-refractivity contribution in [1.29, 1.82) is 0 Å². The third-order valence-electron chi connectivity index (χ3n) is 3.98. The van der Waals surface area contributed by atoms with Crippen LogP contribution in [0.3, 0.4) is 0 Å². The molecular formula is C15H28N2OS. The van der Waals surface area contributed by atoms with Crippen molar-refractivity contribution in [1.82, 2.24) is 5.32 Å². The van der Waals surface area contributed by atoms with Gasteiger partial charge in [-0.25, -0.2) is 0 Å². The first-order chi connectivity index (χ1) is 9.25. The fourth-order valence-corrected chi connectivity index (χ4v) is 3.90. The lowest BCUT2D eigenvalue weighted by atomic mass is 9.86. The molecule has 2 fully saturated rings. The van der Waals surface area contributed by atoms with Gasteiger partial charge in [-0.1, -0.05) is 38.5 Å². The molecule has 2 atom stereocenters. The molecule has 19 heavy (non-hydrogen) atoms. The van der Waals surface area contributed by atoms with Gasteiger partial charge in [0.2, 0.25) is 0 Å². The lowest BCUT2D eigenvalue weighted by Crippen LogP contribution is -2.46. The molecule has 1 aliphatic carbocycles. The Morgan fingerprint density at radius 3 is 3.00 bits per heavy atom.